The number of methoxy groups -OCH3 is 2. The van der Waals surface area contributed by atoms with Crippen molar-refractivity contribution in [2.24, 2.45) is 4.99 Å². The molecule has 14 rings (SSSR count). The first kappa shape index (κ1) is 77.4. The van der Waals surface area contributed by atoms with Crippen LogP contribution in [-0.2, 0) is 39.3 Å². The van der Waals surface area contributed by atoms with Crippen LogP contribution in [0.4, 0.5) is 28.4 Å². The van der Waals surface area contributed by atoms with E-state index in [9.17, 15) is 0 Å². The van der Waals surface area contributed by atoms with E-state index < -0.39 is 0 Å². The van der Waals surface area contributed by atoms with E-state index in [4.69, 9.17) is 40.6 Å². The van der Waals surface area contributed by atoms with Crippen molar-refractivity contribution in [2.75, 3.05) is 149 Å². The normalized spacial score (nSPS) is 15.1. The summed E-state index contributed by atoms with van der Waals surface area (Å²) < 4.78 is 15.3. The van der Waals surface area contributed by atoms with Gasteiger partial charge >= 0.3 is 0 Å². The van der Waals surface area contributed by atoms with Gasteiger partial charge in [-0.3, -0.25) is 39.4 Å². The summed E-state index contributed by atoms with van der Waals surface area (Å²) in [6, 6.07) is 47.6. The molecule has 0 unspecified atom stereocenters. The van der Waals surface area contributed by atoms with E-state index in [0.717, 1.165) is 218 Å². The van der Waals surface area contributed by atoms with Gasteiger partial charge in [-0.05, 0) is 143 Å². The van der Waals surface area contributed by atoms with Gasteiger partial charge in [-0.2, -0.15) is 10.2 Å². The maximum absolute atomic E-state index is 9.15. The second kappa shape index (κ2) is 38.5. The Kier molecular flexibility index (Phi) is 29.2. The van der Waals surface area contributed by atoms with Crippen LogP contribution in [0.2, 0.25) is 0 Å². The Bertz CT molecular complexity index is 4260. The number of hydrogen-bond acceptors (Lipinski definition) is 20. The molecule has 22 nitrogen and oxygen atoms in total. The van der Waals surface area contributed by atoms with E-state index in [1.807, 2.05) is 97.1 Å². The fourth-order valence-electron chi connectivity index (χ4n) is 13.0. The fraction of sp³-hybridized carbons (Fsp3) is 0.392. The number of rotatable bonds is 22. The van der Waals surface area contributed by atoms with E-state index in [-0.39, 0.29) is 34.7 Å². The number of benzene rings is 5. The second-order valence-corrected chi connectivity index (χ2v) is 26.8. The SMILES string of the molecule is C.C.CC1=NCc2ncc(Nc3cccc(CN4CCN(CCO)CC4)c3)cc21.COc1ccc(Cn2nc(C)c3cc(Br)cnc32)cc1.COc1ccc(Cn2nc(C)c3cc(Nc4cccc(CN5CCN(CCO)CC5)c4)cnc32)cc1.Nc1cccc(CN2CCN(CCO)CC2)c1. The van der Waals surface area contributed by atoms with Gasteiger partial charge in [0.15, 0.2) is 11.3 Å². The molecule has 10 aromatic rings. The van der Waals surface area contributed by atoms with Crippen LogP contribution in [0.5, 0.6) is 11.5 Å². The van der Waals surface area contributed by atoms with Gasteiger partial charge in [0.2, 0.25) is 0 Å². The van der Waals surface area contributed by atoms with Gasteiger partial charge in [-0.15, -0.1) is 0 Å². The van der Waals surface area contributed by atoms with Gasteiger partial charge < -0.3 is 41.2 Å². The number of ether oxygens (including phenoxy) is 2. The van der Waals surface area contributed by atoms with Crippen LogP contribution in [0.1, 0.15) is 72.2 Å². The van der Waals surface area contributed by atoms with Crippen molar-refractivity contribution in [1.29, 1.82) is 0 Å². The largest absolute Gasteiger partial charge is 0.497 e. The maximum atomic E-state index is 9.15. The van der Waals surface area contributed by atoms with E-state index in [1.54, 1.807) is 20.4 Å². The van der Waals surface area contributed by atoms with Crippen LogP contribution < -0.4 is 25.8 Å². The third-order valence-corrected chi connectivity index (χ3v) is 19.0. The number of aliphatic hydroxyl groups excluding tert-OH is 3. The highest BCUT2D eigenvalue weighted by atomic mass is 79.9. The Labute approximate surface area is 610 Å². The zero-order chi connectivity index (χ0) is 69.7. The number of piperazine rings is 3. The molecule has 0 amide bonds. The highest BCUT2D eigenvalue weighted by Crippen LogP contribution is 2.28. The van der Waals surface area contributed by atoms with E-state index in [1.165, 1.54) is 22.3 Å². The minimum Gasteiger partial charge on any atom is -0.497 e. The number of anilines is 5. The highest BCUT2D eigenvalue weighted by molar-refractivity contribution is 9.10. The number of aliphatic hydroxyl groups is 3. The number of nitrogens with two attached hydrogens (primary N) is 1. The third kappa shape index (κ3) is 21.9. The Hall–Kier alpha value is -8.72. The maximum Gasteiger partial charge on any atom is 0.158 e. The number of nitrogens with zero attached hydrogens (tertiary/aromatic N) is 14. The molecule has 5 aromatic heterocycles. The number of hydrogen-bond donors (Lipinski definition) is 6. The molecule has 0 saturated carbocycles. The van der Waals surface area contributed by atoms with Crippen molar-refractivity contribution in [2.45, 2.75) is 74.9 Å². The molecular weight excluding hydrogens is 1350 g/mol. The summed E-state index contributed by atoms with van der Waals surface area (Å²) in [5.41, 5.74) is 23.9. The Morgan fingerprint density at radius 3 is 1.28 bits per heavy atom. The van der Waals surface area contributed by atoms with Crippen molar-refractivity contribution >= 4 is 72.1 Å². The number of aromatic nitrogens is 7. The summed E-state index contributed by atoms with van der Waals surface area (Å²) in [7, 11) is 3.34. The molecule has 0 bridgehead atoms. The molecule has 0 aliphatic carbocycles. The Balaban J connectivity index is 0.000000163. The van der Waals surface area contributed by atoms with Crippen LogP contribution in [0.25, 0.3) is 22.1 Å². The first-order valence-corrected chi connectivity index (χ1v) is 35.4. The van der Waals surface area contributed by atoms with Gasteiger partial charge in [-0.1, -0.05) is 75.5 Å². The number of pyridine rings is 3. The number of aliphatic imine (C=N–C) groups is 1. The number of β-amino-alcohol motifs (C(OH)–C–C–N with tert-alkyl or cyclic N) is 3. The average Bonchev–Trinajstić information content (AvgIpc) is 1.66. The predicted molar refractivity (Wildman–Crippen MR) is 417 cm³/mol. The van der Waals surface area contributed by atoms with Gasteiger partial charge in [-0.25, -0.2) is 19.3 Å². The summed E-state index contributed by atoms with van der Waals surface area (Å²) >= 11 is 3.45. The molecule has 4 aliphatic rings. The van der Waals surface area contributed by atoms with E-state index in [2.05, 4.69) is 161 Å². The first-order chi connectivity index (χ1) is 48.8. The number of aryl methyl sites for hydroxylation is 2. The Morgan fingerprint density at radius 1 is 0.441 bits per heavy atom. The van der Waals surface area contributed by atoms with E-state index in [0.29, 0.717) is 19.6 Å². The average molecular weight is 1450 g/mol. The molecule has 3 fully saturated rings. The molecule has 4 aliphatic heterocycles. The fourth-order valence-corrected chi connectivity index (χ4v) is 13.3. The molecule has 0 atom stereocenters. The third-order valence-electron chi connectivity index (χ3n) is 18.6. The smallest absolute Gasteiger partial charge is 0.158 e. The zero-order valence-electron chi connectivity index (χ0n) is 58.4. The number of nitrogens with one attached hydrogen (secondary N) is 2. The monoisotopic (exact) mass is 1450 g/mol. The van der Waals surface area contributed by atoms with Gasteiger partial charge in [0.25, 0.3) is 0 Å². The van der Waals surface area contributed by atoms with Crippen LogP contribution in [-0.4, -0.2) is 217 Å². The molecule has 102 heavy (non-hydrogen) atoms. The van der Waals surface area contributed by atoms with Crippen LogP contribution in [0.15, 0.2) is 168 Å². The summed E-state index contributed by atoms with van der Waals surface area (Å²) in [6.07, 6.45) is 5.56. The standard InChI is InChI=1S/C28H34N6O2.C21H27N5O.C15H14BrN3O.C13H21N3O.2CH4/c1-21-27-17-25(18-29-28(27)34(31-21)20-22-6-8-26(36-2)9-7-22)30-24-5-3-4-23(16-24)19-33-12-10-32(11-13-33)14-15-35;1-16-20-12-19(13-23-21(20)14-22-16)24-18-4-2-3-17(11-18)15-26-7-5-25(6-8-26)9-10-27;1-10-14-7-12(16)8-17-15(14)19(18-10)9-11-3-5-13(20-2)6-4-11;14-13-3-1-2-12(10-13)11-16-6-4-15(5-7-16)8-9-17;;/h3-9,16-18,30,35H,10-15,19-20H2,1-2H3;2-4,11-13,24,27H,5-10,14-15H2,1H3;3-8H,9H2,1-2H3;1-3,10,17H,4-9,11,14H2;2*1H4. The number of fused-ring (bicyclic) bond motifs is 3. The van der Waals surface area contributed by atoms with Crippen LogP contribution in [0, 0.1) is 13.8 Å². The summed E-state index contributed by atoms with van der Waals surface area (Å²) in [5, 5.41) is 45.5. The topological polar surface area (TPSA) is 235 Å². The lowest BCUT2D eigenvalue weighted by Gasteiger charge is -2.34. The molecule has 7 N–H and O–H groups in total. The molecule has 542 valence electrons. The van der Waals surface area contributed by atoms with Crippen molar-refractivity contribution in [3.05, 3.63) is 213 Å². The van der Waals surface area contributed by atoms with E-state index >= 15 is 0 Å². The van der Waals surface area contributed by atoms with Crippen LogP contribution >= 0.6 is 15.9 Å². The summed E-state index contributed by atoms with van der Waals surface area (Å²) in [6.45, 7) is 26.5. The lowest BCUT2D eigenvalue weighted by atomic mass is 10.1. The lowest BCUT2D eigenvalue weighted by molar-refractivity contribution is 0.108. The molecule has 9 heterocycles. The quantitative estimate of drug-likeness (QED) is 0.0346. The van der Waals surface area contributed by atoms with Crippen molar-refractivity contribution in [3.63, 3.8) is 0 Å². The second-order valence-electron chi connectivity index (χ2n) is 25.8. The van der Waals surface area contributed by atoms with Gasteiger partial charge in [0, 0.05) is 168 Å². The van der Waals surface area contributed by atoms with Gasteiger partial charge in [0.05, 0.1) is 94.5 Å². The molecule has 5 aromatic carbocycles. The highest BCUT2D eigenvalue weighted by Gasteiger charge is 2.21. The van der Waals surface area contributed by atoms with Crippen molar-refractivity contribution in [3.8, 4) is 11.5 Å². The summed E-state index contributed by atoms with van der Waals surface area (Å²) in [5.74, 6) is 1.70. The first-order valence-electron chi connectivity index (χ1n) is 34.6. The Morgan fingerprint density at radius 2 is 0.843 bits per heavy atom. The molecule has 23 heteroatoms. The summed E-state index contributed by atoms with van der Waals surface area (Å²) in [4.78, 5) is 32.5. The molecule has 0 radical (unpaired) electrons. The molecule has 3 saturated heterocycles. The minimum atomic E-state index is 0. The van der Waals surface area contributed by atoms with Crippen LogP contribution in [0.3, 0.4) is 0 Å². The minimum absolute atomic E-state index is 0. The van der Waals surface area contributed by atoms with Gasteiger partial charge in [0.1, 0.15) is 11.5 Å². The predicted octanol–water partition coefficient (Wildman–Crippen LogP) is 11.1. The zero-order valence-corrected chi connectivity index (χ0v) is 59.9. The molecular formula is C79H104BrN17O5. The molecule has 0 spiro atoms. The number of halogens is 1. The number of nitrogen functional groups attached to an aromatic ring is 1. The lowest BCUT2D eigenvalue weighted by Crippen LogP contribution is -2.46. The van der Waals surface area contributed by atoms with Crippen molar-refractivity contribution in [1.82, 2.24) is 63.9 Å². The van der Waals surface area contributed by atoms with Crippen molar-refractivity contribution < 1.29 is 24.8 Å².